The van der Waals surface area contributed by atoms with E-state index in [0.717, 1.165) is 27.0 Å². The van der Waals surface area contributed by atoms with E-state index in [2.05, 4.69) is 40.3 Å². The van der Waals surface area contributed by atoms with E-state index >= 15 is 0 Å². The largest absolute Gasteiger partial charge is 0.497 e. The molecule has 28 heavy (non-hydrogen) atoms. The minimum atomic E-state index is 0.499. The highest BCUT2D eigenvalue weighted by Crippen LogP contribution is 2.34. The van der Waals surface area contributed by atoms with Crippen molar-refractivity contribution in [3.8, 4) is 17.2 Å². The summed E-state index contributed by atoms with van der Waals surface area (Å²) in [5.41, 5.74) is 4.47. The standard InChI is InChI=1S/C23H24BrNO3/c1-16-6-4-5-7-17(16)15-28-23-13-21(24)18(12-22(23)27-3)14-25-19-8-10-20(26-2)11-9-19/h4-13,25H,14-15H2,1-3H3. The molecule has 3 rings (SSSR count). The van der Waals surface area contributed by atoms with Crippen molar-refractivity contribution in [2.45, 2.75) is 20.1 Å². The Labute approximate surface area is 174 Å². The van der Waals surface area contributed by atoms with Crippen LogP contribution in [0.25, 0.3) is 0 Å². The summed E-state index contributed by atoms with van der Waals surface area (Å²) in [5, 5.41) is 3.41. The van der Waals surface area contributed by atoms with Crippen LogP contribution in [0.15, 0.2) is 65.1 Å². The van der Waals surface area contributed by atoms with E-state index in [9.17, 15) is 0 Å². The van der Waals surface area contributed by atoms with Gasteiger partial charge in [-0.05, 0) is 60.0 Å². The molecule has 4 nitrogen and oxygen atoms in total. The van der Waals surface area contributed by atoms with Gasteiger partial charge < -0.3 is 19.5 Å². The first kappa shape index (κ1) is 20.1. The number of hydrogen-bond donors (Lipinski definition) is 1. The van der Waals surface area contributed by atoms with Crippen LogP contribution < -0.4 is 19.5 Å². The SMILES string of the molecule is COc1ccc(NCc2cc(OC)c(OCc3ccccc3C)cc2Br)cc1. The third-order valence-corrected chi connectivity index (χ3v) is 5.29. The fraction of sp³-hybridized carbons (Fsp3) is 0.217. The van der Waals surface area contributed by atoms with Gasteiger partial charge >= 0.3 is 0 Å². The van der Waals surface area contributed by atoms with E-state index in [1.54, 1.807) is 14.2 Å². The van der Waals surface area contributed by atoms with Crippen LogP contribution in [0, 0.1) is 6.92 Å². The van der Waals surface area contributed by atoms with E-state index in [-0.39, 0.29) is 0 Å². The van der Waals surface area contributed by atoms with Gasteiger partial charge in [0.25, 0.3) is 0 Å². The Hall–Kier alpha value is -2.66. The van der Waals surface area contributed by atoms with Gasteiger partial charge in [-0.1, -0.05) is 40.2 Å². The second-order valence-corrected chi connectivity index (χ2v) is 7.25. The summed E-state index contributed by atoms with van der Waals surface area (Å²) in [6.07, 6.45) is 0. The van der Waals surface area contributed by atoms with Gasteiger partial charge in [-0.15, -0.1) is 0 Å². The first-order valence-corrected chi connectivity index (χ1v) is 9.81. The number of rotatable bonds is 8. The number of halogens is 1. The Kier molecular flexibility index (Phi) is 6.82. The van der Waals surface area contributed by atoms with Crippen LogP contribution in [0.2, 0.25) is 0 Å². The molecule has 0 aliphatic carbocycles. The molecule has 0 unspecified atom stereocenters. The Morgan fingerprint density at radius 3 is 2.29 bits per heavy atom. The fourth-order valence-electron chi connectivity index (χ4n) is 2.82. The first-order valence-electron chi connectivity index (χ1n) is 9.02. The maximum Gasteiger partial charge on any atom is 0.162 e. The van der Waals surface area contributed by atoms with Crippen LogP contribution in [0.4, 0.5) is 5.69 Å². The summed E-state index contributed by atoms with van der Waals surface area (Å²) < 4.78 is 17.7. The van der Waals surface area contributed by atoms with Gasteiger partial charge in [-0.25, -0.2) is 0 Å². The van der Waals surface area contributed by atoms with Crippen molar-refractivity contribution in [1.29, 1.82) is 0 Å². The van der Waals surface area contributed by atoms with Gasteiger partial charge in [0.2, 0.25) is 0 Å². The number of hydrogen-bond acceptors (Lipinski definition) is 4. The molecule has 0 saturated carbocycles. The lowest BCUT2D eigenvalue weighted by atomic mass is 10.1. The molecule has 5 heteroatoms. The topological polar surface area (TPSA) is 39.7 Å². The van der Waals surface area contributed by atoms with E-state index in [0.29, 0.717) is 24.7 Å². The average Bonchev–Trinajstić information content (AvgIpc) is 2.72. The summed E-state index contributed by atoms with van der Waals surface area (Å²) in [6.45, 7) is 3.24. The molecule has 0 radical (unpaired) electrons. The van der Waals surface area contributed by atoms with Crippen LogP contribution in [0.3, 0.4) is 0 Å². The zero-order valence-electron chi connectivity index (χ0n) is 16.3. The van der Waals surface area contributed by atoms with Crippen LogP contribution in [-0.4, -0.2) is 14.2 Å². The molecule has 0 saturated heterocycles. The van der Waals surface area contributed by atoms with Gasteiger partial charge in [-0.2, -0.15) is 0 Å². The summed E-state index contributed by atoms with van der Waals surface area (Å²) in [6, 6.07) is 20.0. The van der Waals surface area contributed by atoms with Crippen molar-refractivity contribution in [1.82, 2.24) is 0 Å². The highest BCUT2D eigenvalue weighted by Gasteiger charge is 2.11. The van der Waals surface area contributed by atoms with Gasteiger partial charge in [0.15, 0.2) is 11.5 Å². The Morgan fingerprint density at radius 1 is 0.857 bits per heavy atom. The molecule has 0 heterocycles. The normalized spacial score (nSPS) is 10.4. The van der Waals surface area contributed by atoms with Gasteiger partial charge in [-0.3, -0.25) is 0 Å². The second-order valence-electron chi connectivity index (χ2n) is 6.39. The number of methoxy groups -OCH3 is 2. The number of ether oxygens (including phenoxy) is 3. The molecule has 0 bridgehead atoms. The smallest absolute Gasteiger partial charge is 0.162 e. The molecule has 0 fully saturated rings. The van der Waals surface area contributed by atoms with E-state index in [4.69, 9.17) is 14.2 Å². The van der Waals surface area contributed by atoms with Crippen LogP contribution in [-0.2, 0) is 13.2 Å². The Balaban J connectivity index is 1.70. The molecule has 0 spiro atoms. The minimum Gasteiger partial charge on any atom is -0.497 e. The predicted octanol–water partition coefficient (Wildman–Crippen LogP) is 5.97. The molecule has 3 aromatic rings. The zero-order valence-corrected chi connectivity index (χ0v) is 17.9. The number of benzene rings is 3. The highest BCUT2D eigenvalue weighted by atomic mass is 79.9. The quantitative estimate of drug-likeness (QED) is 0.467. The molecular weight excluding hydrogens is 418 g/mol. The molecule has 146 valence electrons. The highest BCUT2D eigenvalue weighted by molar-refractivity contribution is 9.10. The van der Waals surface area contributed by atoms with Crippen molar-refractivity contribution >= 4 is 21.6 Å². The van der Waals surface area contributed by atoms with Crippen LogP contribution in [0.1, 0.15) is 16.7 Å². The third-order valence-electron chi connectivity index (χ3n) is 4.55. The van der Waals surface area contributed by atoms with Gasteiger partial charge in [0, 0.05) is 16.7 Å². The Morgan fingerprint density at radius 2 is 1.61 bits per heavy atom. The first-order chi connectivity index (χ1) is 13.6. The molecule has 0 aliphatic rings. The van der Waals surface area contributed by atoms with Crippen molar-refractivity contribution < 1.29 is 14.2 Å². The maximum atomic E-state index is 6.03. The molecule has 3 aromatic carbocycles. The Bertz CT molecular complexity index is 926. The predicted molar refractivity (Wildman–Crippen MR) is 117 cm³/mol. The molecular formula is C23H24BrNO3. The third kappa shape index (κ3) is 4.98. The number of nitrogens with one attached hydrogen (secondary N) is 1. The number of aryl methyl sites for hydroxylation is 1. The average molecular weight is 442 g/mol. The lowest BCUT2D eigenvalue weighted by Gasteiger charge is -2.15. The van der Waals surface area contributed by atoms with E-state index in [1.165, 1.54) is 5.56 Å². The summed E-state index contributed by atoms with van der Waals surface area (Å²) in [5.74, 6) is 2.26. The van der Waals surface area contributed by atoms with Crippen molar-refractivity contribution in [3.05, 3.63) is 81.8 Å². The molecule has 0 amide bonds. The summed E-state index contributed by atoms with van der Waals surface area (Å²) >= 11 is 3.65. The number of anilines is 1. The van der Waals surface area contributed by atoms with Crippen molar-refractivity contribution in [2.24, 2.45) is 0 Å². The van der Waals surface area contributed by atoms with E-state index in [1.807, 2.05) is 48.5 Å². The lowest BCUT2D eigenvalue weighted by Crippen LogP contribution is -2.03. The minimum absolute atomic E-state index is 0.499. The molecule has 0 aromatic heterocycles. The molecule has 0 atom stereocenters. The molecule has 0 aliphatic heterocycles. The van der Waals surface area contributed by atoms with Crippen molar-refractivity contribution in [2.75, 3.05) is 19.5 Å². The monoisotopic (exact) mass is 441 g/mol. The van der Waals surface area contributed by atoms with Crippen molar-refractivity contribution in [3.63, 3.8) is 0 Å². The van der Waals surface area contributed by atoms with Crippen LogP contribution in [0.5, 0.6) is 17.2 Å². The zero-order chi connectivity index (χ0) is 19.9. The van der Waals surface area contributed by atoms with E-state index < -0.39 is 0 Å². The summed E-state index contributed by atoms with van der Waals surface area (Å²) in [4.78, 5) is 0. The molecule has 1 N–H and O–H groups in total. The fourth-order valence-corrected chi connectivity index (χ4v) is 3.28. The lowest BCUT2D eigenvalue weighted by molar-refractivity contribution is 0.283. The van der Waals surface area contributed by atoms with Gasteiger partial charge in [0.05, 0.1) is 14.2 Å². The summed E-state index contributed by atoms with van der Waals surface area (Å²) in [7, 11) is 3.32. The van der Waals surface area contributed by atoms with Gasteiger partial charge in [0.1, 0.15) is 12.4 Å². The maximum absolute atomic E-state index is 6.03. The van der Waals surface area contributed by atoms with Crippen LogP contribution >= 0.6 is 15.9 Å². The second kappa shape index (κ2) is 9.51.